The van der Waals surface area contributed by atoms with Crippen LogP contribution in [0.4, 0.5) is 0 Å². The summed E-state index contributed by atoms with van der Waals surface area (Å²) in [6, 6.07) is 0. The second-order valence-corrected chi connectivity index (χ2v) is 6.29. The molecule has 0 bridgehead atoms. The maximum absolute atomic E-state index is 6.03. The number of alkyl halides is 1. The summed E-state index contributed by atoms with van der Waals surface area (Å²) in [5.74, 6) is 0.889. The summed E-state index contributed by atoms with van der Waals surface area (Å²) in [7, 11) is 6.03. The third-order valence-corrected chi connectivity index (χ3v) is 4.10. The van der Waals surface area contributed by atoms with E-state index in [1.165, 1.54) is 12.0 Å². The molecule has 0 saturated heterocycles. The second kappa shape index (κ2) is 3.80. The van der Waals surface area contributed by atoms with Gasteiger partial charge in [0.15, 0.2) is 0 Å². The minimum atomic E-state index is 0.183. The molecule has 0 heterocycles. The van der Waals surface area contributed by atoms with E-state index in [0.29, 0.717) is 16.2 Å². The van der Waals surface area contributed by atoms with Crippen LogP contribution in [-0.4, -0.2) is 12.7 Å². The number of hydrogen-bond acceptors (Lipinski definition) is 0. The Balaban J connectivity index is 2.69. The topological polar surface area (TPSA) is 0 Å². The third-order valence-electron chi connectivity index (χ3n) is 3.13. The minimum Gasteiger partial charge on any atom is -0.0992 e. The lowest BCUT2D eigenvalue weighted by molar-refractivity contribution is 0.201. The molecule has 0 aromatic carbocycles. The van der Waals surface area contributed by atoms with Crippen LogP contribution < -0.4 is 0 Å². The molecule has 72 valence electrons. The lowest BCUT2D eigenvalue weighted by Gasteiger charge is -2.40. The van der Waals surface area contributed by atoms with E-state index in [1.807, 2.05) is 0 Å². The maximum Gasteiger partial charge on any atom is 0.0759 e. The maximum atomic E-state index is 6.03. The predicted octanol–water partition coefficient (Wildman–Crippen LogP) is 3.72. The van der Waals surface area contributed by atoms with Crippen molar-refractivity contribution in [1.82, 2.24) is 0 Å². The summed E-state index contributed by atoms with van der Waals surface area (Å²) < 4.78 is 0. The Morgan fingerprint density at radius 1 is 1.38 bits per heavy atom. The fourth-order valence-corrected chi connectivity index (χ4v) is 2.69. The van der Waals surface area contributed by atoms with Crippen molar-refractivity contribution in [2.75, 3.05) is 0 Å². The van der Waals surface area contributed by atoms with Crippen molar-refractivity contribution >= 4 is 23.8 Å². The fraction of sp³-hybridized carbons (Fsp3) is 0.818. The molecule has 3 unspecified atom stereocenters. The molecule has 1 saturated carbocycles. The standard InChI is InChI=1S/C11H18BBr/c1-7-9(12)5-8(6-10(7)13)11(2,3)4/h8-10H,1,5-6H2,2-4H3. The van der Waals surface area contributed by atoms with Gasteiger partial charge in [-0.2, -0.15) is 0 Å². The van der Waals surface area contributed by atoms with Crippen LogP contribution in [-0.2, 0) is 0 Å². The van der Waals surface area contributed by atoms with Gasteiger partial charge in [-0.3, -0.25) is 0 Å². The number of allylic oxidation sites excluding steroid dienone is 1. The molecule has 1 fully saturated rings. The minimum absolute atomic E-state index is 0.183. The second-order valence-electron chi connectivity index (χ2n) is 5.18. The summed E-state index contributed by atoms with van der Waals surface area (Å²) in [5.41, 5.74) is 1.53. The van der Waals surface area contributed by atoms with E-state index in [4.69, 9.17) is 7.85 Å². The van der Waals surface area contributed by atoms with Crippen LogP contribution in [0.2, 0.25) is 5.82 Å². The van der Waals surface area contributed by atoms with E-state index in [9.17, 15) is 0 Å². The molecule has 0 amide bonds. The average molecular weight is 241 g/mol. The quantitative estimate of drug-likeness (QED) is 0.344. The van der Waals surface area contributed by atoms with Gasteiger partial charge in [-0.1, -0.05) is 61.1 Å². The normalized spacial score (nSPS) is 36.3. The number of hydrogen-bond donors (Lipinski definition) is 0. The first-order valence-electron chi connectivity index (χ1n) is 4.90. The summed E-state index contributed by atoms with van der Waals surface area (Å²) in [4.78, 5) is 0.417. The van der Waals surface area contributed by atoms with E-state index in [-0.39, 0.29) is 5.82 Å². The van der Waals surface area contributed by atoms with Gasteiger partial charge in [0.25, 0.3) is 0 Å². The van der Waals surface area contributed by atoms with Crippen molar-refractivity contribution in [1.29, 1.82) is 0 Å². The molecule has 0 spiro atoms. The molecule has 1 aliphatic rings. The Morgan fingerprint density at radius 2 is 1.92 bits per heavy atom. The molecular formula is C11H18BBr. The van der Waals surface area contributed by atoms with Crippen LogP contribution in [0.1, 0.15) is 33.6 Å². The molecule has 0 aromatic heterocycles. The zero-order chi connectivity index (χ0) is 10.2. The first-order valence-corrected chi connectivity index (χ1v) is 5.82. The highest BCUT2D eigenvalue weighted by Gasteiger charge is 2.34. The van der Waals surface area contributed by atoms with Crippen LogP contribution in [0.25, 0.3) is 0 Å². The average Bonchev–Trinajstić information content (AvgIpc) is 1.97. The molecule has 3 atom stereocenters. The molecule has 0 aromatic rings. The summed E-state index contributed by atoms with van der Waals surface area (Å²) >= 11 is 3.65. The Bertz CT molecular complexity index is 191. The molecule has 13 heavy (non-hydrogen) atoms. The van der Waals surface area contributed by atoms with E-state index >= 15 is 0 Å². The van der Waals surface area contributed by atoms with Gasteiger partial charge in [-0.05, 0) is 17.8 Å². The predicted molar refractivity (Wildman–Crippen MR) is 63.5 cm³/mol. The lowest BCUT2D eigenvalue weighted by Crippen LogP contribution is -2.30. The largest absolute Gasteiger partial charge is 0.0992 e. The van der Waals surface area contributed by atoms with Crippen molar-refractivity contribution in [3.8, 4) is 0 Å². The van der Waals surface area contributed by atoms with Gasteiger partial charge in [0.1, 0.15) is 0 Å². The first-order chi connectivity index (χ1) is 5.82. The van der Waals surface area contributed by atoms with Gasteiger partial charge in [-0.15, -0.1) is 0 Å². The summed E-state index contributed by atoms with van der Waals surface area (Å²) in [6.45, 7) is 10.9. The van der Waals surface area contributed by atoms with Crippen molar-refractivity contribution < 1.29 is 0 Å². The van der Waals surface area contributed by atoms with Crippen molar-refractivity contribution in [2.24, 2.45) is 11.3 Å². The molecule has 1 aliphatic carbocycles. The van der Waals surface area contributed by atoms with Gasteiger partial charge < -0.3 is 0 Å². The van der Waals surface area contributed by atoms with Crippen LogP contribution in [0.3, 0.4) is 0 Å². The monoisotopic (exact) mass is 240 g/mol. The smallest absolute Gasteiger partial charge is 0.0759 e. The van der Waals surface area contributed by atoms with Crippen molar-refractivity contribution in [3.63, 3.8) is 0 Å². The summed E-state index contributed by atoms with van der Waals surface area (Å²) in [5, 5.41) is 0. The van der Waals surface area contributed by atoms with E-state index in [2.05, 4.69) is 43.3 Å². The van der Waals surface area contributed by atoms with Gasteiger partial charge in [0.05, 0.1) is 7.85 Å². The highest BCUT2D eigenvalue weighted by atomic mass is 79.9. The van der Waals surface area contributed by atoms with Gasteiger partial charge >= 0.3 is 0 Å². The molecule has 2 heteroatoms. The highest BCUT2D eigenvalue weighted by molar-refractivity contribution is 9.09. The molecule has 0 nitrogen and oxygen atoms in total. The number of halogens is 1. The van der Waals surface area contributed by atoms with Crippen LogP contribution in [0.15, 0.2) is 12.2 Å². The molecule has 0 aliphatic heterocycles. The molecular weight excluding hydrogens is 223 g/mol. The Morgan fingerprint density at radius 3 is 2.31 bits per heavy atom. The van der Waals surface area contributed by atoms with Crippen LogP contribution in [0.5, 0.6) is 0 Å². The van der Waals surface area contributed by atoms with Crippen molar-refractivity contribution in [2.45, 2.75) is 44.3 Å². The zero-order valence-electron chi connectivity index (χ0n) is 8.81. The van der Waals surface area contributed by atoms with Gasteiger partial charge in [-0.25, -0.2) is 0 Å². The van der Waals surface area contributed by atoms with Gasteiger partial charge in [0, 0.05) is 4.83 Å². The van der Waals surface area contributed by atoms with Crippen LogP contribution >= 0.6 is 15.9 Å². The lowest BCUT2D eigenvalue weighted by atomic mass is 9.62. The molecule has 0 N–H and O–H groups in total. The van der Waals surface area contributed by atoms with E-state index < -0.39 is 0 Å². The SMILES string of the molecule is [B]C1CC(C(C)(C)C)CC(Br)C1=C. The Kier molecular flexibility index (Phi) is 3.32. The fourth-order valence-electron chi connectivity index (χ4n) is 1.89. The zero-order valence-corrected chi connectivity index (χ0v) is 10.4. The van der Waals surface area contributed by atoms with E-state index in [0.717, 1.165) is 6.42 Å². The summed E-state index contributed by atoms with van der Waals surface area (Å²) in [6.07, 6.45) is 2.26. The van der Waals surface area contributed by atoms with Crippen molar-refractivity contribution in [3.05, 3.63) is 12.2 Å². The van der Waals surface area contributed by atoms with E-state index in [1.54, 1.807) is 0 Å². The first kappa shape index (κ1) is 11.4. The van der Waals surface area contributed by atoms with Gasteiger partial charge in [0.2, 0.25) is 0 Å². The highest BCUT2D eigenvalue weighted by Crippen LogP contribution is 2.45. The van der Waals surface area contributed by atoms with Crippen LogP contribution in [0, 0.1) is 11.3 Å². The third kappa shape index (κ3) is 2.62. The Labute approximate surface area is 91.7 Å². The molecule has 2 radical (unpaired) electrons. The Hall–Kier alpha value is 0.285. The number of rotatable bonds is 0. The molecule has 1 rings (SSSR count).